The molecule has 0 unspecified atom stereocenters. The number of carbonyl (C=O) groups is 2. The summed E-state index contributed by atoms with van der Waals surface area (Å²) in [6.07, 6.45) is 0. The number of nitrogens with zero attached hydrogens (tertiary/aromatic N) is 2. The highest BCUT2D eigenvalue weighted by Crippen LogP contribution is 2.29. The van der Waals surface area contributed by atoms with Crippen molar-refractivity contribution in [2.24, 2.45) is 0 Å². The van der Waals surface area contributed by atoms with Crippen molar-refractivity contribution in [3.05, 3.63) is 59.4 Å². The molecule has 0 radical (unpaired) electrons. The third kappa shape index (κ3) is 1.61. The molecule has 0 bridgehead atoms. The SMILES string of the molecule is Cc1nc2ccc(N3C(=O)c4ccccc4C3=O)cc2[nH]1. The summed E-state index contributed by atoms with van der Waals surface area (Å²) in [5.74, 6) is 0.224. The summed E-state index contributed by atoms with van der Waals surface area (Å²) >= 11 is 0. The molecule has 0 saturated carbocycles. The van der Waals surface area contributed by atoms with Gasteiger partial charge in [0.25, 0.3) is 11.8 Å². The summed E-state index contributed by atoms with van der Waals surface area (Å²) in [4.78, 5) is 33.5. The Morgan fingerprint density at radius 2 is 1.67 bits per heavy atom. The Bertz CT molecular complexity index is 876. The van der Waals surface area contributed by atoms with Crippen molar-refractivity contribution in [1.82, 2.24) is 9.97 Å². The van der Waals surface area contributed by atoms with Gasteiger partial charge in [-0.05, 0) is 37.3 Å². The highest BCUT2D eigenvalue weighted by atomic mass is 16.2. The average Bonchev–Trinajstić information content (AvgIpc) is 2.97. The molecule has 2 heterocycles. The molecule has 5 heteroatoms. The molecule has 0 spiro atoms. The zero-order valence-corrected chi connectivity index (χ0v) is 11.3. The van der Waals surface area contributed by atoms with E-state index in [1.54, 1.807) is 42.5 Å². The van der Waals surface area contributed by atoms with Crippen molar-refractivity contribution in [3.8, 4) is 0 Å². The van der Waals surface area contributed by atoms with Crippen LogP contribution in [0.1, 0.15) is 26.5 Å². The molecular weight excluding hydrogens is 266 g/mol. The van der Waals surface area contributed by atoms with E-state index in [4.69, 9.17) is 0 Å². The van der Waals surface area contributed by atoms with Gasteiger partial charge in [-0.1, -0.05) is 12.1 Å². The third-order valence-corrected chi connectivity index (χ3v) is 3.64. The second kappa shape index (κ2) is 4.02. The zero-order chi connectivity index (χ0) is 14.6. The predicted molar refractivity (Wildman–Crippen MR) is 78.4 cm³/mol. The van der Waals surface area contributed by atoms with Crippen molar-refractivity contribution in [2.75, 3.05) is 4.90 Å². The van der Waals surface area contributed by atoms with Crippen LogP contribution in [0.15, 0.2) is 42.5 Å². The molecule has 1 aromatic heterocycles. The standard InChI is InChI=1S/C16H11N3O2/c1-9-17-13-7-6-10(8-14(13)18-9)19-15(20)11-4-2-3-5-12(11)16(19)21/h2-8H,1H3,(H,17,18). The Hall–Kier alpha value is -2.95. The zero-order valence-electron chi connectivity index (χ0n) is 11.3. The quantitative estimate of drug-likeness (QED) is 0.695. The minimum Gasteiger partial charge on any atom is -0.342 e. The van der Waals surface area contributed by atoms with E-state index in [1.165, 1.54) is 4.90 Å². The topological polar surface area (TPSA) is 66.1 Å². The number of carbonyl (C=O) groups excluding carboxylic acids is 2. The van der Waals surface area contributed by atoms with Gasteiger partial charge >= 0.3 is 0 Å². The average molecular weight is 277 g/mol. The van der Waals surface area contributed by atoms with E-state index >= 15 is 0 Å². The van der Waals surface area contributed by atoms with Crippen LogP contribution in [0.25, 0.3) is 11.0 Å². The Labute approximate surface area is 120 Å². The molecule has 0 saturated heterocycles. The summed E-state index contributed by atoms with van der Waals surface area (Å²) in [5, 5.41) is 0. The first-order chi connectivity index (χ1) is 10.1. The molecule has 1 aliphatic heterocycles. The maximum Gasteiger partial charge on any atom is 0.266 e. The second-order valence-corrected chi connectivity index (χ2v) is 5.01. The van der Waals surface area contributed by atoms with Gasteiger partial charge in [-0.15, -0.1) is 0 Å². The lowest BCUT2D eigenvalue weighted by atomic mass is 10.1. The number of amides is 2. The Morgan fingerprint density at radius 1 is 1.00 bits per heavy atom. The molecule has 0 aliphatic carbocycles. The second-order valence-electron chi connectivity index (χ2n) is 5.01. The summed E-state index contributed by atoms with van der Waals surface area (Å²) in [6.45, 7) is 1.86. The molecule has 2 amide bonds. The minimum absolute atomic E-state index is 0.286. The van der Waals surface area contributed by atoms with Crippen LogP contribution < -0.4 is 4.90 Å². The van der Waals surface area contributed by atoms with Crippen LogP contribution in [0.2, 0.25) is 0 Å². The number of aromatic nitrogens is 2. The fourth-order valence-electron chi connectivity index (χ4n) is 2.69. The van der Waals surface area contributed by atoms with Gasteiger partial charge in [0.05, 0.1) is 27.8 Å². The molecule has 2 aromatic carbocycles. The first-order valence-electron chi connectivity index (χ1n) is 6.59. The number of hydrogen-bond acceptors (Lipinski definition) is 3. The van der Waals surface area contributed by atoms with Crippen molar-refractivity contribution in [2.45, 2.75) is 6.92 Å². The largest absolute Gasteiger partial charge is 0.342 e. The normalized spacial score (nSPS) is 14.0. The molecule has 0 atom stereocenters. The molecule has 1 aliphatic rings. The fourth-order valence-corrected chi connectivity index (χ4v) is 2.69. The van der Waals surface area contributed by atoms with Crippen molar-refractivity contribution < 1.29 is 9.59 Å². The predicted octanol–water partition coefficient (Wildman–Crippen LogP) is 2.67. The lowest BCUT2D eigenvalue weighted by molar-refractivity contribution is 0.0926. The maximum atomic E-state index is 12.4. The first kappa shape index (κ1) is 11.8. The van der Waals surface area contributed by atoms with E-state index in [-0.39, 0.29) is 11.8 Å². The van der Waals surface area contributed by atoms with E-state index < -0.39 is 0 Å². The number of aryl methyl sites for hydroxylation is 1. The van der Waals surface area contributed by atoms with Crippen LogP contribution in [-0.2, 0) is 0 Å². The van der Waals surface area contributed by atoms with Gasteiger partial charge in [0, 0.05) is 0 Å². The van der Waals surface area contributed by atoms with Crippen LogP contribution in [-0.4, -0.2) is 21.8 Å². The smallest absolute Gasteiger partial charge is 0.266 e. The van der Waals surface area contributed by atoms with Crippen LogP contribution in [0.4, 0.5) is 5.69 Å². The van der Waals surface area contributed by atoms with Gasteiger partial charge in [0.15, 0.2) is 0 Å². The first-order valence-corrected chi connectivity index (χ1v) is 6.59. The fraction of sp³-hybridized carbons (Fsp3) is 0.0625. The lowest BCUT2D eigenvalue weighted by Crippen LogP contribution is -2.29. The molecule has 102 valence electrons. The minimum atomic E-state index is -0.286. The Balaban J connectivity index is 1.86. The number of rotatable bonds is 1. The van der Waals surface area contributed by atoms with E-state index in [0.29, 0.717) is 16.8 Å². The van der Waals surface area contributed by atoms with E-state index in [1.807, 2.05) is 6.92 Å². The van der Waals surface area contributed by atoms with Gasteiger partial charge in [0.2, 0.25) is 0 Å². The monoisotopic (exact) mass is 277 g/mol. The number of aromatic amines is 1. The number of nitrogens with one attached hydrogen (secondary N) is 1. The van der Waals surface area contributed by atoms with Crippen molar-refractivity contribution in [3.63, 3.8) is 0 Å². The summed E-state index contributed by atoms with van der Waals surface area (Å²) in [5.41, 5.74) is 3.07. The van der Waals surface area contributed by atoms with Crippen LogP contribution in [0.3, 0.4) is 0 Å². The molecule has 5 nitrogen and oxygen atoms in total. The maximum absolute atomic E-state index is 12.4. The van der Waals surface area contributed by atoms with E-state index in [9.17, 15) is 9.59 Å². The number of fused-ring (bicyclic) bond motifs is 2. The molecule has 3 aromatic rings. The lowest BCUT2D eigenvalue weighted by Gasteiger charge is -2.13. The highest BCUT2D eigenvalue weighted by Gasteiger charge is 2.36. The van der Waals surface area contributed by atoms with Gasteiger partial charge in [-0.25, -0.2) is 9.88 Å². The van der Waals surface area contributed by atoms with Crippen LogP contribution in [0.5, 0.6) is 0 Å². The molecule has 1 N–H and O–H groups in total. The van der Waals surface area contributed by atoms with Crippen molar-refractivity contribution in [1.29, 1.82) is 0 Å². The van der Waals surface area contributed by atoms with Gasteiger partial charge in [-0.3, -0.25) is 9.59 Å². The number of imide groups is 1. The molecular formula is C16H11N3O2. The highest BCUT2D eigenvalue weighted by molar-refractivity contribution is 6.34. The number of imidazole rings is 1. The van der Waals surface area contributed by atoms with Crippen LogP contribution >= 0.6 is 0 Å². The van der Waals surface area contributed by atoms with Gasteiger partial charge < -0.3 is 4.98 Å². The Morgan fingerprint density at radius 3 is 2.33 bits per heavy atom. The third-order valence-electron chi connectivity index (χ3n) is 3.64. The number of benzene rings is 2. The van der Waals surface area contributed by atoms with E-state index in [2.05, 4.69) is 9.97 Å². The number of anilines is 1. The van der Waals surface area contributed by atoms with Crippen LogP contribution in [0, 0.1) is 6.92 Å². The van der Waals surface area contributed by atoms with Gasteiger partial charge in [-0.2, -0.15) is 0 Å². The summed E-state index contributed by atoms with van der Waals surface area (Å²) in [7, 11) is 0. The van der Waals surface area contributed by atoms with Crippen molar-refractivity contribution >= 4 is 28.5 Å². The van der Waals surface area contributed by atoms with Gasteiger partial charge in [0.1, 0.15) is 5.82 Å². The van der Waals surface area contributed by atoms with E-state index in [0.717, 1.165) is 16.9 Å². The summed E-state index contributed by atoms with van der Waals surface area (Å²) < 4.78 is 0. The number of H-pyrrole nitrogens is 1. The Kier molecular flexibility index (Phi) is 2.27. The summed E-state index contributed by atoms with van der Waals surface area (Å²) in [6, 6.07) is 12.2. The molecule has 4 rings (SSSR count). The molecule has 21 heavy (non-hydrogen) atoms. The number of hydrogen-bond donors (Lipinski definition) is 1. The molecule has 0 fully saturated rings.